The first-order chi connectivity index (χ1) is 13.6. The van der Waals surface area contributed by atoms with Crippen molar-refractivity contribution in [3.05, 3.63) is 65.2 Å². The van der Waals surface area contributed by atoms with E-state index in [9.17, 15) is 14.4 Å². The number of ether oxygens (including phenoxy) is 1. The van der Waals surface area contributed by atoms with Crippen LogP contribution in [0, 0.1) is 11.8 Å². The van der Waals surface area contributed by atoms with Gasteiger partial charge in [-0.2, -0.15) is 0 Å². The number of nitrogens with zero attached hydrogens (tertiary/aromatic N) is 1. The van der Waals surface area contributed by atoms with E-state index in [4.69, 9.17) is 4.74 Å². The van der Waals surface area contributed by atoms with Crippen LogP contribution in [0.3, 0.4) is 0 Å². The highest BCUT2D eigenvalue weighted by Crippen LogP contribution is 2.41. The third-order valence-electron chi connectivity index (χ3n) is 5.48. The largest absolute Gasteiger partial charge is 0.465 e. The summed E-state index contributed by atoms with van der Waals surface area (Å²) in [7, 11) is 1.30. The zero-order valence-electron chi connectivity index (χ0n) is 15.7. The van der Waals surface area contributed by atoms with Crippen LogP contribution in [-0.4, -0.2) is 36.3 Å². The van der Waals surface area contributed by atoms with E-state index in [-0.39, 0.29) is 23.7 Å². The lowest BCUT2D eigenvalue weighted by Gasteiger charge is -2.29. The second-order valence-corrected chi connectivity index (χ2v) is 7.25. The van der Waals surface area contributed by atoms with Gasteiger partial charge in [0.1, 0.15) is 0 Å². The molecule has 28 heavy (non-hydrogen) atoms. The highest BCUT2D eigenvalue weighted by Gasteiger charge is 2.49. The fraction of sp³-hybridized carbons (Fsp3) is 0.318. The van der Waals surface area contributed by atoms with Gasteiger partial charge in [0.05, 0.1) is 30.2 Å². The molecule has 6 nitrogen and oxygen atoms in total. The molecule has 1 aliphatic carbocycles. The first kappa shape index (κ1) is 18.2. The number of para-hydroxylation sites is 1. The molecule has 0 aromatic heterocycles. The van der Waals surface area contributed by atoms with Crippen molar-refractivity contribution in [3.8, 4) is 0 Å². The molecule has 1 saturated carbocycles. The summed E-state index contributed by atoms with van der Waals surface area (Å²) >= 11 is 0. The van der Waals surface area contributed by atoms with Crippen LogP contribution in [0.25, 0.3) is 0 Å². The maximum Gasteiger partial charge on any atom is 0.339 e. The third kappa shape index (κ3) is 3.50. The van der Waals surface area contributed by atoms with Crippen molar-refractivity contribution in [2.45, 2.75) is 19.4 Å². The Balaban J connectivity index is 1.39. The summed E-state index contributed by atoms with van der Waals surface area (Å²) in [5.41, 5.74) is 3.17. The van der Waals surface area contributed by atoms with Crippen molar-refractivity contribution >= 4 is 23.5 Å². The molecule has 1 heterocycles. The van der Waals surface area contributed by atoms with Gasteiger partial charge in [0.25, 0.3) is 0 Å². The number of fused-ring (bicyclic) bond motifs is 1. The molecule has 2 atom stereocenters. The molecule has 2 amide bonds. The topological polar surface area (TPSA) is 75.7 Å². The van der Waals surface area contributed by atoms with Crippen LogP contribution in [-0.2, 0) is 27.3 Å². The van der Waals surface area contributed by atoms with Gasteiger partial charge in [0, 0.05) is 13.1 Å². The molecule has 2 unspecified atom stereocenters. The molecule has 1 N–H and O–H groups in total. The van der Waals surface area contributed by atoms with Crippen molar-refractivity contribution < 1.29 is 19.1 Å². The summed E-state index contributed by atoms with van der Waals surface area (Å²) in [6.07, 6.45) is 1.39. The van der Waals surface area contributed by atoms with E-state index in [0.717, 1.165) is 6.42 Å². The summed E-state index contributed by atoms with van der Waals surface area (Å²) in [5.74, 6) is -1.33. The zero-order chi connectivity index (χ0) is 19.7. The van der Waals surface area contributed by atoms with Crippen LogP contribution >= 0.6 is 0 Å². The highest BCUT2D eigenvalue weighted by molar-refractivity contribution is 6.04. The smallest absolute Gasteiger partial charge is 0.339 e. The second kappa shape index (κ2) is 7.46. The molecule has 1 fully saturated rings. The quantitative estimate of drug-likeness (QED) is 0.830. The van der Waals surface area contributed by atoms with E-state index in [1.54, 1.807) is 24.3 Å². The van der Waals surface area contributed by atoms with E-state index >= 15 is 0 Å². The highest BCUT2D eigenvalue weighted by atomic mass is 16.5. The number of hydrogen-bond acceptors (Lipinski definition) is 4. The molecule has 6 heteroatoms. The number of nitrogens with one attached hydrogen (secondary N) is 1. The lowest BCUT2D eigenvalue weighted by Crippen LogP contribution is -2.37. The summed E-state index contributed by atoms with van der Waals surface area (Å²) in [5, 5.41) is 2.78. The zero-order valence-corrected chi connectivity index (χ0v) is 15.7. The molecule has 0 radical (unpaired) electrons. The number of anilines is 1. The Morgan fingerprint density at radius 2 is 1.71 bits per heavy atom. The number of carbonyl (C=O) groups is 3. The molecule has 2 aromatic carbocycles. The van der Waals surface area contributed by atoms with Gasteiger partial charge in [-0.3, -0.25) is 9.59 Å². The monoisotopic (exact) mass is 378 g/mol. The van der Waals surface area contributed by atoms with E-state index in [2.05, 4.69) is 17.4 Å². The minimum absolute atomic E-state index is 0.0379. The summed E-state index contributed by atoms with van der Waals surface area (Å²) in [6.45, 7) is 1.29. The molecular formula is C22H22N2O4. The third-order valence-corrected chi connectivity index (χ3v) is 5.48. The first-order valence-electron chi connectivity index (χ1n) is 9.42. The summed E-state index contributed by atoms with van der Waals surface area (Å²) in [6, 6.07) is 14.9. The average molecular weight is 378 g/mol. The molecule has 0 spiro atoms. The van der Waals surface area contributed by atoms with Crippen LogP contribution in [0.15, 0.2) is 48.5 Å². The van der Waals surface area contributed by atoms with Gasteiger partial charge in [0.2, 0.25) is 11.8 Å². The van der Waals surface area contributed by atoms with E-state index < -0.39 is 5.97 Å². The maximum absolute atomic E-state index is 12.8. The van der Waals surface area contributed by atoms with Gasteiger partial charge >= 0.3 is 5.97 Å². The van der Waals surface area contributed by atoms with Gasteiger partial charge < -0.3 is 15.0 Å². The summed E-state index contributed by atoms with van der Waals surface area (Å²) in [4.78, 5) is 39.1. The average Bonchev–Trinajstić information content (AvgIpc) is 3.54. The molecular weight excluding hydrogens is 356 g/mol. The van der Waals surface area contributed by atoms with E-state index in [1.165, 1.54) is 18.2 Å². The maximum atomic E-state index is 12.8. The number of rotatable bonds is 4. The Labute approximate surface area is 163 Å². The number of methoxy groups -OCH3 is 1. The first-order valence-corrected chi connectivity index (χ1v) is 9.42. The lowest BCUT2D eigenvalue weighted by atomic mass is 9.99. The second-order valence-electron chi connectivity index (χ2n) is 7.25. The standard InChI is InChI=1S/C22H22N2O4/c1-28-22(27)16-8-4-5-9-19(16)23-20(25)17-12-18(17)21(26)24-11-10-14-6-2-3-7-15(14)13-24/h2-9,17-18H,10-13H2,1H3,(H,23,25). The predicted molar refractivity (Wildman–Crippen MR) is 104 cm³/mol. The van der Waals surface area contributed by atoms with Crippen LogP contribution in [0.2, 0.25) is 0 Å². The van der Waals surface area contributed by atoms with Crippen LogP contribution in [0.4, 0.5) is 5.69 Å². The fourth-order valence-electron chi connectivity index (χ4n) is 3.78. The minimum Gasteiger partial charge on any atom is -0.465 e. The van der Waals surface area contributed by atoms with Crippen molar-refractivity contribution in [2.75, 3.05) is 19.0 Å². The normalized spacial score (nSPS) is 20.1. The number of carbonyl (C=O) groups excluding carboxylic acids is 3. The summed E-state index contributed by atoms with van der Waals surface area (Å²) < 4.78 is 4.75. The Hall–Kier alpha value is -3.15. The van der Waals surface area contributed by atoms with Crippen LogP contribution < -0.4 is 5.32 Å². The van der Waals surface area contributed by atoms with Crippen LogP contribution in [0.5, 0.6) is 0 Å². The van der Waals surface area contributed by atoms with E-state index in [0.29, 0.717) is 30.8 Å². The number of esters is 1. The molecule has 0 bridgehead atoms. The van der Waals surface area contributed by atoms with Crippen LogP contribution in [0.1, 0.15) is 27.9 Å². The molecule has 0 saturated heterocycles. The Kier molecular flexibility index (Phi) is 4.86. The predicted octanol–water partition coefficient (Wildman–Crippen LogP) is 2.63. The van der Waals surface area contributed by atoms with Crippen molar-refractivity contribution in [1.29, 1.82) is 0 Å². The Morgan fingerprint density at radius 1 is 1.00 bits per heavy atom. The minimum atomic E-state index is -0.508. The fourth-order valence-corrected chi connectivity index (χ4v) is 3.78. The molecule has 4 rings (SSSR count). The molecule has 2 aromatic rings. The Bertz CT molecular complexity index is 940. The number of amides is 2. The van der Waals surface area contributed by atoms with Gasteiger partial charge in [-0.15, -0.1) is 0 Å². The SMILES string of the molecule is COC(=O)c1ccccc1NC(=O)C1CC1C(=O)N1CCc2ccccc2C1. The molecule has 1 aliphatic heterocycles. The van der Waals surface area contributed by atoms with E-state index in [1.807, 2.05) is 17.0 Å². The number of hydrogen-bond donors (Lipinski definition) is 1. The lowest BCUT2D eigenvalue weighted by molar-refractivity contribution is -0.135. The van der Waals surface area contributed by atoms with Crippen molar-refractivity contribution in [1.82, 2.24) is 4.90 Å². The van der Waals surface area contributed by atoms with Gasteiger partial charge in [-0.05, 0) is 36.1 Å². The van der Waals surface area contributed by atoms with Gasteiger partial charge in [0.15, 0.2) is 0 Å². The molecule has 144 valence electrons. The van der Waals surface area contributed by atoms with Gasteiger partial charge in [-0.1, -0.05) is 36.4 Å². The van der Waals surface area contributed by atoms with Crippen molar-refractivity contribution in [2.24, 2.45) is 11.8 Å². The molecule has 2 aliphatic rings. The Morgan fingerprint density at radius 3 is 2.50 bits per heavy atom. The van der Waals surface area contributed by atoms with Crippen molar-refractivity contribution in [3.63, 3.8) is 0 Å². The number of benzene rings is 2. The van der Waals surface area contributed by atoms with Gasteiger partial charge in [-0.25, -0.2) is 4.79 Å².